The Morgan fingerprint density at radius 2 is 1.79 bits per heavy atom. The maximum Gasteiger partial charge on any atom is 0.337 e. The maximum absolute atomic E-state index is 13.5. The second kappa shape index (κ2) is 9.34. The molecule has 2 saturated heterocycles. The number of carbonyl (C=O) groups is 3. The Kier molecular flexibility index (Phi) is 6.10. The largest absolute Gasteiger partial charge is 0.497 e. The van der Waals surface area contributed by atoms with Crippen molar-refractivity contribution in [3.05, 3.63) is 60.2 Å². The Balaban J connectivity index is 1.34. The number of methoxy groups -OCH3 is 1. The number of amides is 4. The van der Waals surface area contributed by atoms with Gasteiger partial charge in [0.15, 0.2) is 6.29 Å². The van der Waals surface area contributed by atoms with Crippen LogP contribution >= 0.6 is 0 Å². The van der Waals surface area contributed by atoms with Gasteiger partial charge in [-0.1, -0.05) is 43.2 Å². The van der Waals surface area contributed by atoms with E-state index in [4.69, 9.17) is 4.74 Å². The van der Waals surface area contributed by atoms with E-state index in [1.807, 2.05) is 30.3 Å². The van der Waals surface area contributed by atoms with Crippen LogP contribution in [0.2, 0.25) is 0 Å². The van der Waals surface area contributed by atoms with Crippen LogP contribution in [0.1, 0.15) is 31.2 Å². The van der Waals surface area contributed by atoms with E-state index in [9.17, 15) is 14.4 Å². The minimum absolute atomic E-state index is 0.0691. The molecule has 2 heterocycles. The van der Waals surface area contributed by atoms with Gasteiger partial charge < -0.3 is 15.0 Å². The fourth-order valence-corrected chi connectivity index (χ4v) is 5.19. The SMILES string of the molecule is COc1ccc(NC(=O)CN2NC3N(Cc4ccccc4)C(=O)C4CCCCC4N3C2=O)cc1. The molecule has 4 amide bonds. The zero-order valence-electron chi connectivity index (χ0n) is 19.1. The van der Waals surface area contributed by atoms with Gasteiger partial charge in [-0.05, 0) is 42.7 Å². The second-order valence-corrected chi connectivity index (χ2v) is 8.97. The zero-order chi connectivity index (χ0) is 23.7. The number of nitrogens with one attached hydrogen (secondary N) is 2. The van der Waals surface area contributed by atoms with Crippen molar-refractivity contribution in [1.82, 2.24) is 20.2 Å². The number of nitrogens with zero attached hydrogens (tertiary/aromatic N) is 3. The van der Waals surface area contributed by atoms with Gasteiger partial charge in [-0.15, -0.1) is 0 Å². The molecule has 34 heavy (non-hydrogen) atoms. The van der Waals surface area contributed by atoms with E-state index in [1.54, 1.807) is 41.2 Å². The van der Waals surface area contributed by atoms with Crippen molar-refractivity contribution in [3.63, 3.8) is 0 Å². The average molecular weight is 464 g/mol. The van der Waals surface area contributed by atoms with E-state index in [2.05, 4.69) is 10.7 Å². The first kappa shape index (κ1) is 22.2. The molecule has 1 saturated carbocycles. The van der Waals surface area contributed by atoms with E-state index in [0.717, 1.165) is 31.2 Å². The van der Waals surface area contributed by atoms with Crippen molar-refractivity contribution < 1.29 is 19.1 Å². The molecule has 5 rings (SSSR count). The first-order valence-electron chi connectivity index (χ1n) is 11.7. The molecule has 9 heteroatoms. The van der Waals surface area contributed by atoms with Crippen LogP contribution in [0.3, 0.4) is 0 Å². The van der Waals surface area contributed by atoms with Crippen molar-refractivity contribution in [2.24, 2.45) is 5.92 Å². The minimum atomic E-state index is -0.603. The third-order valence-corrected chi connectivity index (χ3v) is 6.84. The summed E-state index contributed by atoms with van der Waals surface area (Å²) in [6.07, 6.45) is 2.95. The summed E-state index contributed by atoms with van der Waals surface area (Å²) in [5.41, 5.74) is 4.76. The van der Waals surface area contributed by atoms with Gasteiger partial charge in [-0.2, -0.15) is 5.43 Å². The number of fused-ring (bicyclic) bond motifs is 3. The molecule has 2 aromatic carbocycles. The third kappa shape index (κ3) is 4.19. The number of ether oxygens (including phenoxy) is 1. The summed E-state index contributed by atoms with van der Waals surface area (Å²) in [6.45, 7) is 0.235. The molecule has 2 aromatic rings. The summed E-state index contributed by atoms with van der Waals surface area (Å²) in [5, 5.41) is 4.14. The number of hydrazine groups is 1. The van der Waals surface area contributed by atoms with Crippen LogP contribution in [0.25, 0.3) is 0 Å². The zero-order valence-corrected chi connectivity index (χ0v) is 19.1. The van der Waals surface area contributed by atoms with Crippen molar-refractivity contribution in [1.29, 1.82) is 0 Å². The molecule has 2 aliphatic heterocycles. The maximum atomic E-state index is 13.5. The second-order valence-electron chi connectivity index (χ2n) is 8.97. The van der Waals surface area contributed by atoms with Crippen LogP contribution < -0.4 is 15.5 Å². The number of benzene rings is 2. The van der Waals surface area contributed by atoms with Crippen LogP contribution in [0.15, 0.2) is 54.6 Å². The van der Waals surface area contributed by atoms with E-state index < -0.39 is 6.29 Å². The molecule has 3 unspecified atom stereocenters. The molecule has 1 aliphatic carbocycles. The lowest BCUT2D eigenvalue weighted by atomic mass is 9.81. The van der Waals surface area contributed by atoms with Crippen LogP contribution in [-0.4, -0.2) is 58.6 Å². The van der Waals surface area contributed by atoms with Crippen LogP contribution in [-0.2, 0) is 16.1 Å². The van der Waals surface area contributed by atoms with Crippen LogP contribution in [0.5, 0.6) is 5.75 Å². The quantitative estimate of drug-likeness (QED) is 0.687. The molecule has 0 aromatic heterocycles. The molecule has 2 N–H and O–H groups in total. The Labute approximate surface area is 198 Å². The first-order chi connectivity index (χ1) is 16.5. The summed E-state index contributed by atoms with van der Waals surface area (Å²) in [4.78, 5) is 43.1. The number of anilines is 1. The topological polar surface area (TPSA) is 94.2 Å². The predicted octanol–water partition coefficient (Wildman–Crippen LogP) is 2.76. The first-order valence-corrected chi connectivity index (χ1v) is 11.7. The molecule has 178 valence electrons. The van der Waals surface area contributed by atoms with Gasteiger partial charge in [-0.3, -0.25) is 14.5 Å². The highest BCUT2D eigenvalue weighted by atomic mass is 16.5. The van der Waals surface area contributed by atoms with Crippen LogP contribution in [0, 0.1) is 5.92 Å². The molecule has 3 aliphatic rings. The highest BCUT2D eigenvalue weighted by Crippen LogP contribution is 2.38. The van der Waals surface area contributed by atoms with E-state index in [-0.39, 0.29) is 36.3 Å². The number of hydrogen-bond donors (Lipinski definition) is 2. The Morgan fingerprint density at radius 3 is 2.53 bits per heavy atom. The number of rotatable bonds is 6. The monoisotopic (exact) mass is 463 g/mol. The van der Waals surface area contributed by atoms with Crippen LogP contribution in [0.4, 0.5) is 10.5 Å². The van der Waals surface area contributed by atoms with E-state index in [0.29, 0.717) is 18.0 Å². The fraction of sp³-hybridized carbons (Fsp3) is 0.400. The Morgan fingerprint density at radius 1 is 1.06 bits per heavy atom. The summed E-state index contributed by atoms with van der Waals surface area (Å²) in [6, 6.07) is 16.3. The van der Waals surface area contributed by atoms with Crippen molar-refractivity contribution >= 4 is 23.5 Å². The van der Waals surface area contributed by atoms with Gasteiger partial charge in [0, 0.05) is 18.3 Å². The molecule has 9 nitrogen and oxygen atoms in total. The van der Waals surface area contributed by atoms with Gasteiger partial charge in [-0.25, -0.2) is 9.80 Å². The number of urea groups is 1. The highest BCUT2D eigenvalue weighted by Gasteiger charge is 2.54. The van der Waals surface area contributed by atoms with Gasteiger partial charge in [0.25, 0.3) is 0 Å². The Bertz CT molecular complexity index is 1060. The summed E-state index contributed by atoms with van der Waals surface area (Å²) >= 11 is 0. The smallest absolute Gasteiger partial charge is 0.337 e. The number of hydrogen-bond acceptors (Lipinski definition) is 5. The molecule has 0 spiro atoms. The van der Waals surface area contributed by atoms with E-state index in [1.165, 1.54) is 5.01 Å². The van der Waals surface area contributed by atoms with Gasteiger partial charge in [0.2, 0.25) is 11.8 Å². The lowest BCUT2D eigenvalue weighted by Gasteiger charge is -2.48. The minimum Gasteiger partial charge on any atom is -0.497 e. The van der Waals surface area contributed by atoms with Crippen molar-refractivity contribution in [2.45, 2.75) is 44.6 Å². The predicted molar refractivity (Wildman–Crippen MR) is 125 cm³/mol. The lowest BCUT2D eigenvalue weighted by Crippen LogP contribution is -2.65. The molecule has 3 fully saturated rings. The molecule has 0 bridgehead atoms. The lowest BCUT2D eigenvalue weighted by molar-refractivity contribution is -0.157. The van der Waals surface area contributed by atoms with Gasteiger partial charge in [0.05, 0.1) is 13.0 Å². The van der Waals surface area contributed by atoms with Gasteiger partial charge in [0.1, 0.15) is 12.3 Å². The standard InChI is InChI=1S/C25H29N5O4/c1-34-19-13-11-18(12-14-19)26-22(31)16-29-25(33)30-21-10-6-5-9-20(21)23(32)28(24(30)27-29)15-17-7-3-2-4-8-17/h2-4,7-8,11-14,20-21,24,27H,5-6,9-10,15-16H2,1H3,(H,26,31). The third-order valence-electron chi connectivity index (χ3n) is 6.84. The molecular formula is C25H29N5O4. The van der Waals surface area contributed by atoms with Crippen molar-refractivity contribution in [2.75, 3.05) is 19.0 Å². The average Bonchev–Trinajstić information content (AvgIpc) is 3.18. The normalized spacial score (nSPS) is 24.0. The number of carbonyl (C=O) groups excluding carboxylic acids is 3. The van der Waals surface area contributed by atoms with Gasteiger partial charge >= 0.3 is 6.03 Å². The summed E-state index contributed by atoms with van der Waals surface area (Å²) in [7, 11) is 1.58. The Hall–Kier alpha value is -3.59. The summed E-state index contributed by atoms with van der Waals surface area (Å²) < 4.78 is 5.14. The highest BCUT2D eigenvalue weighted by molar-refractivity contribution is 5.95. The molecule has 0 radical (unpaired) electrons. The molecule has 3 atom stereocenters. The van der Waals surface area contributed by atoms with E-state index >= 15 is 0 Å². The summed E-state index contributed by atoms with van der Waals surface area (Å²) in [5.74, 6) is 0.232. The fourth-order valence-electron chi connectivity index (χ4n) is 5.19. The molecular weight excluding hydrogens is 434 g/mol. The van der Waals surface area contributed by atoms with Crippen molar-refractivity contribution in [3.8, 4) is 5.75 Å².